The zero-order chi connectivity index (χ0) is 17.3. The molecule has 0 aliphatic rings. The number of alkyl halides is 3. The van der Waals surface area contributed by atoms with E-state index in [0.29, 0.717) is 5.69 Å². The first kappa shape index (κ1) is 15.9. The Kier molecular flexibility index (Phi) is 3.88. The number of carbonyl (C=O) groups excluding carboxylic acids is 1. The van der Waals surface area contributed by atoms with Gasteiger partial charge < -0.3 is 10.6 Å². The summed E-state index contributed by atoms with van der Waals surface area (Å²) in [5.74, 6) is 0. The fourth-order valence-electron chi connectivity index (χ4n) is 2.28. The molecule has 0 bridgehead atoms. The van der Waals surface area contributed by atoms with Crippen LogP contribution in [0.1, 0.15) is 5.56 Å². The van der Waals surface area contributed by atoms with Gasteiger partial charge in [-0.15, -0.1) is 0 Å². The van der Waals surface area contributed by atoms with E-state index in [1.165, 1.54) is 12.1 Å². The van der Waals surface area contributed by atoms with Gasteiger partial charge in [-0.05, 0) is 42.5 Å². The number of nitrogens with zero attached hydrogens (tertiary/aromatic N) is 2. The number of rotatable bonds is 2. The first-order chi connectivity index (χ1) is 11.3. The predicted molar refractivity (Wildman–Crippen MR) is 84.8 cm³/mol. The maximum absolute atomic E-state index is 12.5. The number of aryl methyl sites for hydroxylation is 1. The number of hydrogen-bond acceptors (Lipinski definition) is 2. The summed E-state index contributed by atoms with van der Waals surface area (Å²) in [6, 6.07) is 8.98. The van der Waals surface area contributed by atoms with E-state index in [-0.39, 0.29) is 5.69 Å². The summed E-state index contributed by atoms with van der Waals surface area (Å²) in [4.78, 5) is 11.9. The molecule has 8 heteroatoms. The molecule has 124 valence electrons. The molecule has 1 aromatic heterocycles. The summed E-state index contributed by atoms with van der Waals surface area (Å²) in [7, 11) is 1.81. The molecule has 0 aliphatic carbocycles. The van der Waals surface area contributed by atoms with E-state index in [9.17, 15) is 18.0 Å². The van der Waals surface area contributed by atoms with Gasteiger partial charge in [0, 0.05) is 23.8 Å². The van der Waals surface area contributed by atoms with Crippen molar-refractivity contribution < 1.29 is 18.0 Å². The highest BCUT2D eigenvalue weighted by Gasteiger charge is 2.29. The minimum Gasteiger partial charge on any atom is -0.308 e. The zero-order valence-corrected chi connectivity index (χ0v) is 12.6. The highest BCUT2D eigenvalue weighted by Crippen LogP contribution is 2.29. The van der Waals surface area contributed by atoms with Crippen LogP contribution in [0.4, 0.5) is 29.3 Å². The number of urea groups is 1. The minimum absolute atomic E-state index is 0.267. The van der Waals surface area contributed by atoms with Crippen LogP contribution in [0.2, 0.25) is 0 Å². The quantitative estimate of drug-likeness (QED) is 0.736. The van der Waals surface area contributed by atoms with E-state index in [1.807, 2.05) is 13.1 Å². The molecular weight excluding hydrogens is 321 g/mol. The molecule has 2 amide bonds. The molecule has 0 unspecified atom stereocenters. The highest BCUT2D eigenvalue weighted by atomic mass is 19.4. The Morgan fingerprint density at radius 2 is 1.67 bits per heavy atom. The van der Waals surface area contributed by atoms with Crippen LogP contribution in [0.25, 0.3) is 10.9 Å². The van der Waals surface area contributed by atoms with Crippen LogP contribution >= 0.6 is 0 Å². The van der Waals surface area contributed by atoms with E-state index >= 15 is 0 Å². The maximum Gasteiger partial charge on any atom is 0.416 e. The number of anilines is 2. The average Bonchev–Trinajstić information content (AvgIpc) is 2.87. The summed E-state index contributed by atoms with van der Waals surface area (Å²) < 4.78 is 39.2. The largest absolute Gasteiger partial charge is 0.416 e. The summed E-state index contributed by atoms with van der Waals surface area (Å²) in [5, 5.41) is 10.1. The normalized spacial score (nSPS) is 11.5. The minimum atomic E-state index is -4.40. The average molecular weight is 334 g/mol. The van der Waals surface area contributed by atoms with Crippen LogP contribution in [-0.4, -0.2) is 15.8 Å². The lowest BCUT2D eigenvalue weighted by Gasteiger charge is -2.10. The highest BCUT2D eigenvalue weighted by molar-refractivity contribution is 6.00. The number of hydrogen-bond donors (Lipinski definition) is 2. The first-order valence-corrected chi connectivity index (χ1v) is 7.00. The van der Waals surface area contributed by atoms with Gasteiger partial charge in [0.1, 0.15) is 0 Å². The monoisotopic (exact) mass is 334 g/mol. The van der Waals surface area contributed by atoms with Gasteiger partial charge >= 0.3 is 12.2 Å². The molecule has 1 heterocycles. The Morgan fingerprint density at radius 3 is 2.33 bits per heavy atom. The van der Waals surface area contributed by atoms with Crippen LogP contribution in [0.15, 0.2) is 48.7 Å². The Balaban J connectivity index is 1.68. The number of benzene rings is 2. The molecule has 2 N–H and O–H groups in total. The van der Waals surface area contributed by atoms with Crippen LogP contribution in [0, 0.1) is 0 Å². The Morgan fingerprint density at radius 1 is 1.04 bits per heavy atom. The molecular formula is C16H13F3N4O. The van der Waals surface area contributed by atoms with Crippen LogP contribution in [0.3, 0.4) is 0 Å². The molecule has 0 spiro atoms. The van der Waals surface area contributed by atoms with E-state index in [4.69, 9.17) is 0 Å². The van der Waals surface area contributed by atoms with Crippen molar-refractivity contribution in [1.29, 1.82) is 0 Å². The summed E-state index contributed by atoms with van der Waals surface area (Å²) in [5.41, 5.74) is 0.974. The van der Waals surface area contributed by atoms with Gasteiger partial charge in [0.15, 0.2) is 0 Å². The number of amides is 2. The van der Waals surface area contributed by atoms with Crippen molar-refractivity contribution in [2.24, 2.45) is 7.05 Å². The van der Waals surface area contributed by atoms with Crippen molar-refractivity contribution in [2.45, 2.75) is 6.18 Å². The molecule has 3 rings (SSSR count). The van der Waals surface area contributed by atoms with Crippen LogP contribution < -0.4 is 10.6 Å². The third-order valence-electron chi connectivity index (χ3n) is 3.47. The third-order valence-corrected chi connectivity index (χ3v) is 3.47. The standard InChI is InChI=1S/C16H13F3N4O/c1-23-14-7-6-13(8-10(14)9-20-23)22-15(24)21-12-4-2-11(3-5-12)16(17,18)19/h2-9H,1H3,(H2,21,22,24). The van der Waals surface area contributed by atoms with Crippen molar-refractivity contribution in [3.63, 3.8) is 0 Å². The molecule has 0 radical (unpaired) electrons. The molecule has 2 aromatic carbocycles. The second kappa shape index (κ2) is 5.88. The van der Waals surface area contributed by atoms with E-state index in [1.54, 1.807) is 23.0 Å². The molecule has 0 saturated heterocycles. The lowest BCUT2D eigenvalue weighted by molar-refractivity contribution is -0.137. The number of nitrogens with one attached hydrogen (secondary N) is 2. The first-order valence-electron chi connectivity index (χ1n) is 7.00. The predicted octanol–water partition coefficient (Wildman–Crippen LogP) is 4.24. The smallest absolute Gasteiger partial charge is 0.308 e. The van der Waals surface area contributed by atoms with Gasteiger partial charge in [0.25, 0.3) is 0 Å². The van der Waals surface area contributed by atoms with Crippen LogP contribution in [0.5, 0.6) is 0 Å². The van der Waals surface area contributed by atoms with E-state index in [0.717, 1.165) is 23.0 Å². The summed E-state index contributed by atoms with van der Waals surface area (Å²) in [6.45, 7) is 0. The molecule has 24 heavy (non-hydrogen) atoms. The molecule has 0 atom stereocenters. The van der Waals surface area contributed by atoms with Gasteiger partial charge in [0.2, 0.25) is 0 Å². The van der Waals surface area contributed by atoms with Crippen molar-refractivity contribution in [2.75, 3.05) is 10.6 Å². The second-order valence-corrected chi connectivity index (χ2v) is 5.20. The molecule has 0 fully saturated rings. The SMILES string of the molecule is Cn1ncc2cc(NC(=O)Nc3ccc(C(F)(F)F)cc3)ccc21. The lowest BCUT2D eigenvalue weighted by atomic mass is 10.2. The maximum atomic E-state index is 12.5. The Bertz CT molecular complexity index is 884. The molecule has 5 nitrogen and oxygen atoms in total. The number of carbonyl (C=O) groups is 1. The van der Waals surface area contributed by atoms with Gasteiger partial charge in [-0.1, -0.05) is 0 Å². The van der Waals surface area contributed by atoms with Crippen molar-refractivity contribution >= 4 is 28.3 Å². The Hall–Kier alpha value is -3.03. The lowest BCUT2D eigenvalue weighted by Crippen LogP contribution is -2.19. The van der Waals surface area contributed by atoms with Crippen LogP contribution in [-0.2, 0) is 13.2 Å². The molecule has 0 saturated carbocycles. The van der Waals surface area contributed by atoms with Gasteiger partial charge in [-0.25, -0.2) is 4.79 Å². The zero-order valence-electron chi connectivity index (χ0n) is 12.6. The number of halogens is 3. The number of aromatic nitrogens is 2. The van der Waals surface area contributed by atoms with Gasteiger partial charge in [-0.2, -0.15) is 18.3 Å². The van der Waals surface area contributed by atoms with Crippen molar-refractivity contribution in [1.82, 2.24) is 9.78 Å². The second-order valence-electron chi connectivity index (χ2n) is 5.20. The fraction of sp³-hybridized carbons (Fsp3) is 0.125. The fourth-order valence-corrected chi connectivity index (χ4v) is 2.28. The van der Waals surface area contributed by atoms with E-state index < -0.39 is 17.8 Å². The molecule has 3 aromatic rings. The number of fused-ring (bicyclic) bond motifs is 1. The third kappa shape index (κ3) is 3.32. The van der Waals surface area contributed by atoms with Gasteiger partial charge in [0.05, 0.1) is 17.3 Å². The van der Waals surface area contributed by atoms with Gasteiger partial charge in [-0.3, -0.25) is 4.68 Å². The van der Waals surface area contributed by atoms with Crippen molar-refractivity contribution in [3.8, 4) is 0 Å². The topological polar surface area (TPSA) is 59.0 Å². The molecule has 0 aliphatic heterocycles. The van der Waals surface area contributed by atoms with E-state index in [2.05, 4.69) is 15.7 Å². The summed E-state index contributed by atoms with van der Waals surface area (Å²) in [6.07, 6.45) is -2.73. The summed E-state index contributed by atoms with van der Waals surface area (Å²) >= 11 is 0. The van der Waals surface area contributed by atoms with Crippen molar-refractivity contribution in [3.05, 3.63) is 54.2 Å². The Labute approximate surface area is 135 Å².